The molecule has 126 valence electrons. The Bertz CT molecular complexity index is 763. The molecule has 0 aliphatic rings. The number of rotatable bonds is 5. The van der Waals surface area contributed by atoms with Crippen molar-refractivity contribution in [3.05, 3.63) is 57.8 Å². The zero-order chi connectivity index (χ0) is 17.7. The Morgan fingerprint density at radius 3 is 2.33 bits per heavy atom. The molecule has 0 fully saturated rings. The summed E-state index contributed by atoms with van der Waals surface area (Å²) >= 11 is 11.8. The van der Waals surface area contributed by atoms with E-state index in [2.05, 4.69) is 15.6 Å². The van der Waals surface area contributed by atoms with E-state index in [1.165, 1.54) is 18.5 Å². The van der Waals surface area contributed by atoms with Gasteiger partial charge < -0.3 is 10.6 Å². The predicted molar refractivity (Wildman–Crippen MR) is 95.8 cm³/mol. The molecule has 1 aromatic carbocycles. The molecule has 0 atom stereocenters. The predicted octanol–water partition coefficient (Wildman–Crippen LogP) is 4.03. The number of hydrogen-bond acceptors (Lipinski definition) is 3. The minimum absolute atomic E-state index is 0.264. The maximum absolute atomic E-state index is 12.3. The van der Waals surface area contributed by atoms with Crippen LogP contribution in [0.1, 0.15) is 34.6 Å². The Balaban J connectivity index is 2.11. The van der Waals surface area contributed by atoms with Crippen molar-refractivity contribution in [1.82, 2.24) is 10.3 Å². The molecule has 24 heavy (non-hydrogen) atoms. The smallest absolute Gasteiger partial charge is 0.257 e. The van der Waals surface area contributed by atoms with Gasteiger partial charge in [0.2, 0.25) is 0 Å². The fourth-order valence-corrected chi connectivity index (χ4v) is 2.16. The minimum atomic E-state index is -0.389. The number of nitrogens with zero attached hydrogens (tertiary/aromatic N) is 1. The molecule has 2 aromatic rings. The highest BCUT2D eigenvalue weighted by atomic mass is 35.5. The number of benzene rings is 1. The maximum atomic E-state index is 12.3. The monoisotopic (exact) mass is 365 g/mol. The number of nitrogens with one attached hydrogen (secondary N) is 2. The summed E-state index contributed by atoms with van der Waals surface area (Å²) in [4.78, 5) is 28.3. The fourth-order valence-electron chi connectivity index (χ4n) is 1.86. The van der Waals surface area contributed by atoms with Crippen LogP contribution >= 0.6 is 23.2 Å². The lowest BCUT2D eigenvalue weighted by Crippen LogP contribution is -2.27. The third kappa shape index (κ3) is 4.94. The van der Waals surface area contributed by atoms with Gasteiger partial charge in [-0.1, -0.05) is 37.0 Å². The quantitative estimate of drug-likeness (QED) is 0.840. The second kappa shape index (κ2) is 8.13. The van der Waals surface area contributed by atoms with Gasteiger partial charge in [-0.2, -0.15) is 0 Å². The van der Waals surface area contributed by atoms with E-state index in [1.54, 1.807) is 18.2 Å². The molecular weight excluding hydrogens is 349 g/mol. The van der Waals surface area contributed by atoms with Gasteiger partial charge in [-0.15, -0.1) is 0 Å². The van der Waals surface area contributed by atoms with Gasteiger partial charge >= 0.3 is 0 Å². The Morgan fingerprint density at radius 1 is 1.04 bits per heavy atom. The second-order valence-electron chi connectivity index (χ2n) is 5.65. The lowest BCUT2D eigenvalue weighted by atomic mass is 10.1. The van der Waals surface area contributed by atoms with Crippen molar-refractivity contribution >= 4 is 40.7 Å². The minimum Gasteiger partial charge on any atom is -0.352 e. The maximum Gasteiger partial charge on any atom is 0.257 e. The van der Waals surface area contributed by atoms with Crippen molar-refractivity contribution < 1.29 is 9.59 Å². The number of carbonyl (C=O) groups excluding carboxylic acids is 2. The van der Waals surface area contributed by atoms with Crippen LogP contribution in [0.2, 0.25) is 10.0 Å². The zero-order valence-corrected chi connectivity index (χ0v) is 14.8. The summed E-state index contributed by atoms with van der Waals surface area (Å²) in [5.41, 5.74) is 1.11. The molecule has 1 heterocycles. The van der Waals surface area contributed by atoms with Crippen LogP contribution in [-0.2, 0) is 0 Å². The molecule has 0 aliphatic heterocycles. The molecule has 0 saturated heterocycles. The molecule has 1 aromatic heterocycles. The van der Waals surface area contributed by atoms with Gasteiger partial charge in [-0.05, 0) is 30.2 Å². The third-order valence-electron chi connectivity index (χ3n) is 3.11. The second-order valence-corrected chi connectivity index (χ2v) is 6.46. The van der Waals surface area contributed by atoms with Crippen molar-refractivity contribution in [2.45, 2.75) is 13.8 Å². The van der Waals surface area contributed by atoms with Gasteiger partial charge in [0, 0.05) is 24.6 Å². The van der Waals surface area contributed by atoms with Gasteiger partial charge in [0.1, 0.15) is 0 Å². The average Bonchev–Trinajstić information content (AvgIpc) is 2.56. The molecule has 0 radical (unpaired) electrons. The van der Waals surface area contributed by atoms with E-state index in [0.29, 0.717) is 33.8 Å². The van der Waals surface area contributed by atoms with E-state index in [0.717, 1.165) is 0 Å². The summed E-state index contributed by atoms with van der Waals surface area (Å²) < 4.78 is 0. The van der Waals surface area contributed by atoms with Crippen LogP contribution in [0.15, 0.2) is 36.7 Å². The summed E-state index contributed by atoms with van der Waals surface area (Å²) in [6.07, 6.45) is 2.82. The Morgan fingerprint density at radius 2 is 1.71 bits per heavy atom. The molecular formula is C17H17Cl2N3O2. The van der Waals surface area contributed by atoms with Gasteiger partial charge in [0.25, 0.3) is 11.8 Å². The Labute approximate surface area is 150 Å². The molecule has 2 N–H and O–H groups in total. The van der Waals surface area contributed by atoms with Crippen molar-refractivity contribution in [3.63, 3.8) is 0 Å². The summed E-state index contributed by atoms with van der Waals surface area (Å²) in [5.74, 6) is -0.317. The summed E-state index contributed by atoms with van der Waals surface area (Å²) in [7, 11) is 0. The Hall–Kier alpha value is -2.11. The standard InChI is InChI=1S/C17H17Cl2N3O2/c1-10(2)7-21-16(23)11-5-12(9-20-8-11)17(24)22-13-3-4-14(18)15(19)6-13/h3-6,8-10H,7H2,1-2H3,(H,21,23)(H,22,24). The van der Waals surface area contributed by atoms with E-state index < -0.39 is 0 Å². The number of amides is 2. The van der Waals surface area contributed by atoms with Crippen LogP contribution in [0.4, 0.5) is 5.69 Å². The van der Waals surface area contributed by atoms with Crippen LogP contribution in [0.25, 0.3) is 0 Å². The largest absolute Gasteiger partial charge is 0.352 e. The van der Waals surface area contributed by atoms with E-state index in [4.69, 9.17) is 23.2 Å². The number of hydrogen-bond donors (Lipinski definition) is 2. The van der Waals surface area contributed by atoms with Crippen LogP contribution in [-0.4, -0.2) is 23.3 Å². The molecule has 0 aliphatic carbocycles. The van der Waals surface area contributed by atoms with Crippen molar-refractivity contribution in [2.75, 3.05) is 11.9 Å². The lowest BCUT2D eigenvalue weighted by Gasteiger charge is -2.09. The van der Waals surface area contributed by atoms with Crippen molar-refractivity contribution in [3.8, 4) is 0 Å². The molecule has 2 amide bonds. The lowest BCUT2D eigenvalue weighted by molar-refractivity contribution is 0.0948. The summed E-state index contributed by atoms with van der Waals surface area (Å²) in [5, 5.41) is 6.22. The third-order valence-corrected chi connectivity index (χ3v) is 3.85. The van der Waals surface area contributed by atoms with E-state index in [1.807, 2.05) is 13.8 Å². The highest BCUT2D eigenvalue weighted by Crippen LogP contribution is 2.25. The normalized spacial score (nSPS) is 10.5. The number of carbonyl (C=O) groups is 2. The SMILES string of the molecule is CC(C)CNC(=O)c1cncc(C(=O)Nc2ccc(Cl)c(Cl)c2)c1. The highest BCUT2D eigenvalue weighted by molar-refractivity contribution is 6.42. The highest BCUT2D eigenvalue weighted by Gasteiger charge is 2.12. The van der Waals surface area contributed by atoms with E-state index in [9.17, 15) is 9.59 Å². The van der Waals surface area contributed by atoms with Crippen molar-refractivity contribution in [1.29, 1.82) is 0 Å². The molecule has 5 nitrogen and oxygen atoms in total. The first-order valence-corrected chi connectivity index (χ1v) is 8.12. The molecule has 0 saturated carbocycles. The van der Waals surface area contributed by atoms with E-state index >= 15 is 0 Å². The van der Waals surface area contributed by atoms with Gasteiger partial charge in [-0.3, -0.25) is 14.6 Å². The molecule has 0 bridgehead atoms. The van der Waals surface area contributed by atoms with Crippen LogP contribution in [0.3, 0.4) is 0 Å². The average molecular weight is 366 g/mol. The summed E-state index contributed by atoms with van der Waals surface area (Å²) in [6.45, 7) is 4.55. The molecule has 2 rings (SSSR count). The first-order valence-electron chi connectivity index (χ1n) is 7.36. The zero-order valence-electron chi connectivity index (χ0n) is 13.3. The number of anilines is 1. The van der Waals surface area contributed by atoms with Gasteiger partial charge in [-0.25, -0.2) is 0 Å². The van der Waals surface area contributed by atoms with Crippen LogP contribution in [0.5, 0.6) is 0 Å². The topological polar surface area (TPSA) is 71.1 Å². The first kappa shape index (κ1) is 18.2. The number of pyridine rings is 1. The van der Waals surface area contributed by atoms with Crippen LogP contribution in [0, 0.1) is 5.92 Å². The number of aromatic nitrogens is 1. The van der Waals surface area contributed by atoms with Gasteiger partial charge in [0.15, 0.2) is 0 Å². The van der Waals surface area contributed by atoms with Gasteiger partial charge in [0.05, 0.1) is 21.2 Å². The first-order chi connectivity index (χ1) is 11.4. The fraction of sp³-hybridized carbons (Fsp3) is 0.235. The molecule has 7 heteroatoms. The number of halogens is 2. The van der Waals surface area contributed by atoms with E-state index in [-0.39, 0.29) is 17.4 Å². The summed E-state index contributed by atoms with van der Waals surface area (Å²) in [6, 6.07) is 6.27. The van der Waals surface area contributed by atoms with Crippen LogP contribution < -0.4 is 10.6 Å². The molecule has 0 unspecified atom stereocenters. The Kier molecular flexibility index (Phi) is 6.17. The molecule has 0 spiro atoms. The van der Waals surface area contributed by atoms with Crippen molar-refractivity contribution in [2.24, 2.45) is 5.92 Å².